The average Bonchev–Trinajstić information content (AvgIpc) is 2.17. The molecular formula is C12H17NO2. The van der Waals surface area contributed by atoms with Crippen molar-refractivity contribution in [3.05, 3.63) is 29.3 Å². The zero-order valence-corrected chi connectivity index (χ0v) is 9.25. The minimum atomic E-state index is -0.249. The number of hydrogen-bond acceptors (Lipinski definition) is 2. The topological polar surface area (TPSA) is 52.3 Å². The number of rotatable bonds is 5. The van der Waals surface area contributed by atoms with Gasteiger partial charge in [-0.15, -0.1) is 0 Å². The second-order valence-electron chi connectivity index (χ2n) is 3.64. The highest BCUT2D eigenvalue weighted by Crippen LogP contribution is 2.21. The second-order valence-corrected chi connectivity index (χ2v) is 3.64. The van der Waals surface area contributed by atoms with Crippen molar-refractivity contribution in [2.45, 2.75) is 26.2 Å². The van der Waals surface area contributed by atoms with Crippen molar-refractivity contribution in [3.8, 4) is 5.75 Å². The van der Waals surface area contributed by atoms with E-state index in [0.29, 0.717) is 6.42 Å². The van der Waals surface area contributed by atoms with Crippen molar-refractivity contribution < 1.29 is 9.53 Å². The third-order valence-corrected chi connectivity index (χ3v) is 2.31. The minimum Gasteiger partial charge on any atom is -0.496 e. The molecule has 0 atom stereocenters. The van der Waals surface area contributed by atoms with Gasteiger partial charge in [-0.25, -0.2) is 0 Å². The van der Waals surface area contributed by atoms with Crippen LogP contribution in [0.3, 0.4) is 0 Å². The summed E-state index contributed by atoms with van der Waals surface area (Å²) in [6.07, 6.45) is 2.03. The number of carbonyl (C=O) groups is 1. The number of hydrogen-bond donors (Lipinski definition) is 1. The van der Waals surface area contributed by atoms with Gasteiger partial charge in [0.15, 0.2) is 0 Å². The number of primary amides is 1. The molecule has 3 heteroatoms. The molecule has 0 heterocycles. The first-order valence-corrected chi connectivity index (χ1v) is 5.05. The Balaban J connectivity index is 2.65. The van der Waals surface area contributed by atoms with Crippen LogP contribution in [-0.2, 0) is 11.2 Å². The summed E-state index contributed by atoms with van der Waals surface area (Å²) < 4.78 is 5.24. The molecule has 1 aromatic carbocycles. The molecule has 0 saturated heterocycles. The summed E-state index contributed by atoms with van der Waals surface area (Å²) in [5.74, 6) is 0.631. The van der Waals surface area contributed by atoms with Gasteiger partial charge in [-0.2, -0.15) is 0 Å². The molecule has 0 aliphatic carbocycles. The maximum atomic E-state index is 10.6. The highest BCUT2D eigenvalue weighted by molar-refractivity contribution is 5.73. The molecule has 2 N–H and O–H groups in total. The molecule has 0 aliphatic rings. The van der Waals surface area contributed by atoms with Gasteiger partial charge in [0.25, 0.3) is 0 Å². The van der Waals surface area contributed by atoms with Crippen LogP contribution in [0.4, 0.5) is 0 Å². The Morgan fingerprint density at radius 3 is 2.80 bits per heavy atom. The van der Waals surface area contributed by atoms with E-state index in [1.807, 2.05) is 19.1 Å². The zero-order valence-electron chi connectivity index (χ0n) is 9.25. The van der Waals surface area contributed by atoms with Crippen LogP contribution >= 0.6 is 0 Å². The van der Waals surface area contributed by atoms with Crippen molar-refractivity contribution in [2.24, 2.45) is 5.73 Å². The zero-order chi connectivity index (χ0) is 11.3. The SMILES string of the molecule is COc1ccc(C)cc1CCCC(N)=O. The second kappa shape index (κ2) is 5.39. The normalized spacial score (nSPS) is 10.0. The van der Waals surface area contributed by atoms with Gasteiger partial charge in [0.1, 0.15) is 5.75 Å². The fourth-order valence-electron chi connectivity index (χ4n) is 1.56. The summed E-state index contributed by atoms with van der Waals surface area (Å²) in [5.41, 5.74) is 7.42. The quantitative estimate of drug-likeness (QED) is 0.800. The molecule has 0 unspecified atom stereocenters. The van der Waals surface area contributed by atoms with E-state index in [4.69, 9.17) is 10.5 Å². The molecule has 0 saturated carbocycles. The van der Waals surface area contributed by atoms with Crippen molar-refractivity contribution in [1.82, 2.24) is 0 Å². The summed E-state index contributed by atoms with van der Waals surface area (Å²) in [4.78, 5) is 10.6. The fraction of sp³-hybridized carbons (Fsp3) is 0.417. The van der Waals surface area contributed by atoms with E-state index in [0.717, 1.165) is 24.2 Å². The van der Waals surface area contributed by atoms with Crippen LogP contribution in [-0.4, -0.2) is 13.0 Å². The summed E-state index contributed by atoms with van der Waals surface area (Å²) in [7, 11) is 1.66. The van der Waals surface area contributed by atoms with E-state index in [1.54, 1.807) is 7.11 Å². The van der Waals surface area contributed by atoms with Crippen LogP contribution in [0, 0.1) is 6.92 Å². The minimum absolute atomic E-state index is 0.249. The highest BCUT2D eigenvalue weighted by atomic mass is 16.5. The lowest BCUT2D eigenvalue weighted by Crippen LogP contribution is -2.10. The molecule has 0 aliphatic heterocycles. The molecule has 3 nitrogen and oxygen atoms in total. The number of benzene rings is 1. The Labute approximate surface area is 90.2 Å². The first-order valence-electron chi connectivity index (χ1n) is 5.05. The van der Waals surface area contributed by atoms with Crippen LogP contribution < -0.4 is 10.5 Å². The van der Waals surface area contributed by atoms with E-state index < -0.39 is 0 Å². The van der Waals surface area contributed by atoms with Crippen LogP contribution in [0.5, 0.6) is 5.75 Å². The standard InChI is InChI=1S/C12H17NO2/c1-9-6-7-11(15-2)10(8-9)4-3-5-12(13)14/h6-8H,3-5H2,1-2H3,(H2,13,14). The monoisotopic (exact) mass is 207 g/mol. The molecule has 1 aromatic rings. The Morgan fingerprint density at radius 2 is 2.20 bits per heavy atom. The predicted molar refractivity (Wildman–Crippen MR) is 59.9 cm³/mol. The Bertz CT molecular complexity index is 347. The smallest absolute Gasteiger partial charge is 0.217 e. The maximum Gasteiger partial charge on any atom is 0.217 e. The largest absolute Gasteiger partial charge is 0.496 e. The molecule has 1 amide bonds. The molecule has 0 radical (unpaired) electrons. The molecular weight excluding hydrogens is 190 g/mol. The molecule has 0 bridgehead atoms. The van der Waals surface area contributed by atoms with Crippen LogP contribution in [0.1, 0.15) is 24.0 Å². The Hall–Kier alpha value is -1.51. The van der Waals surface area contributed by atoms with Gasteiger partial charge >= 0.3 is 0 Å². The van der Waals surface area contributed by atoms with Crippen LogP contribution in [0.2, 0.25) is 0 Å². The van der Waals surface area contributed by atoms with Gasteiger partial charge in [0.05, 0.1) is 7.11 Å². The number of ether oxygens (including phenoxy) is 1. The lowest BCUT2D eigenvalue weighted by Gasteiger charge is -2.08. The van der Waals surface area contributed by atoms with Crippen molar-refractivity contribution >= 4 is 5.91 Å². The van der Waals surface area contributed by atoms with E-state index in [9.17, 15) is 4.79 Å². The number of carbonyl (C=O) groups excluding carboxylic acids is 1. The molecule has 0 fully saturated rings. The number of methoxy groups -OCH3 is 1. The van der Waals surface area contributed by atoms with Gasteiger partial charge in [-0.3, -0.25) is 4.79 Å². The highest BCUT2D eigenvalue weighted by Gasteiger charge is 2.03. The van der Waals surface area contributed by atoms with Crippen LogP contribution in [0.25, 0.3) is 0 Å². The average molecular weight is 207 g/mol. The number of nitrogens with two attached hydrogens (primary N) is 1. The fourth-order valence-corrected chi connectivity index (χ4v) is 1.56. The number of amides is 1. The van der Waals surface area contributed by atoms with Gasteiger partial charge in [-0.05, 0) is 31.4 Å². The Morgan fingerprint density at radius 1 is 1.47 bits per heavy atom. The van der Waals surface area contributed by atoms with E-state index in [2.05, 4.69) is 6.07 Å². The summed E-state index contributed by atoms with van der Waals surface area (Å²) in [5, 5.41) is 0. The summed E-state index contributed by atoms with van der Waals surface area (Å²) >= 11 is 0. The van der Waals surface area contributed by atoms with Gasteiger partial charge < -0.3 is 10.5 Å². The number of aryl methyl sites for hydroxylation is 2. The molecule has 0 aromatic heterocycles. The lowest BCUT2D eigenvalue weighted by molar-refractivity contribution is -0.118. The van der Waals surface area contributed by atoms with Crippen LogP contribution in [0.15, 0.2) is 18.2 Å². The first-order chi connectivity index (χ1) is 7.13. The maximum absolute atomic E-state index is 10.6. The summed E-state index contributed by atoms with van der Waals surface area (Å²) in [6, 6.07) is 6.05. The van der Waals surface area contributed by atoms with Crippen molar-refractivity contribution in [3.63, 3.8) is 0 Å². The Kier molecular flexibility index (Phi) is 4.16. The van der Waals surface area contributed by atoms with Crippen molar-refractivity contribution in [1.29, 1.82) is 0 Å². The van der Waals surface area contributed by atoms with E-state index >= 15 is 0 Å². The van der Waals surface area contributed by atoms with E-state index in [-0.39, 0.29) is 5.91 Å². The van der Waals surface area contributed by atoms with Gasteiger partial charge in [0, 0.05) is 6.42 Å². The molecule has 0 spiro atoms. The van der Waals surface area contributed by atoms with Crippen molar-refractivity contribution in [2.75, 3.05) is 7.11 Å². The third kappa shape index (κ3) is 3.62. The molecule has 15 heavy (non-hydrogen) atoms. The third-order valence-electron chi connectivity index (χ3n) is 2.31. The van der Waals surface area contributed by atoms with E-state index in [1.165, 1.54) is 5.56 Å². The predicted octanol–water partition coefficient (Wildman–Crippen LogP) is 1.81. The first kappa shape index (κ1) is 11.6. The lowest BCUT2D eigenvalue weighted by atomic mass is 10.0. The molecule has 1 rings (SSSR count). The molecule has 82 valence electrons. The summed E-state index contributed by atoms with van der Waals surface area (Å²) in [6.45, 7) is 2.04. The van der Waals surface area contributed by atoms with Gasteiger partial charge in [0.2, 0.25) is 5.91 Å². The van der Waals surface area contributed by atoms with Gasteiger partial charge in [-0.1, -0.05) is 17.7 Å².